The molecule has 0 saturated carbocycles. The van der Waals surface area contributed by atoms with Gasteiger partial charge in [-0.05, 0) is 31.2 Å². The Labute approximate surface area is 136 Å². The molecule has 23 heavy (non-hydrogen) atoms. The highest BCUT2D eigenvalue weighted by atomic mass is 15.3. The molecule has 1 aliphatic heterocycles. The third kappa shape index (κ3) is 2.82. The Balaban J connectivity index is 1.45. The Morgan fingerprint density at radius 2 is 1.61 bits per heavy atom. The van der Waals surface area contributed by atoms with Gasteiger partial charge < -0.3 is 9.88 Å². The molecule has 4 heteroatoms. The molecule has 4 nitrogen and oxygen atoms in total. The number of H-pyrrole nitrogens is 1. The largest absolute Gasteiger partial charge is 0.369 e. The first-order valence-electron chi connectivity index (χ1n) is 8.30. The Morgan fingerprint density at radius 3 is 2.35 bits per heavy atom. The van der Waals surface area contributed by atoms with E-state index in [0.717, 1.165) is 43.0 Å². The summed E-state index contributed by atoms with van der Waals surface area (Å²) in [6.07, 6.45) is 0. The zero-order valence-electron chi connectivity index (χ0n) is 13.4. The number of fused-ring (bicyclic) bond motifs is 1. The lowest BCUT2D eigenvalue weighted by atomic mass is 10.2. The van der Waals surface area contributed by atoms with Crippen molar-refractivity contribution in [2.24, 2.45) is 0 Å². The minimum absolute atomic E-state index is 0.320. The van der Waals surface area contributed by atoms with Crippen LogP contribution in [0.15, 0.2) is 54.6 Å². The second-order valence-electron chi connectivity index (χ2n) is 6.17. The van der Waals surface area contributed by atoms with Gasteiger partial charge >= 0.3 is 0 Å². The zero-order chi connectivity index (χ0) is 15.6. The third-order valence-corrected chi connectivity index (χ3v) is 4.79. The number of nitrogens with zero attached hydrogens (tertiary/aromatic N) is 3. The molecule has 0 bridgehead atoms. The van der Waals surface area contributed by atoms with Crippen molar-refractivity contribution in [2.75, 3.05) is 31.1 Å². The molecule has 1 aromatic heterocycles. The molecule has 0 radical (unpaired) electrons. The van der Waals surface area contributed by atoms with Crippen LogP contribution in [0, 0.1) is 0 Å². The number of benzene rings is 2. The summed E-state index contributed by atoms with van der Waals surface area (Å²) in [5.41, 5.74) is 3.50. The summed E-state index contributed by atoms with van der Waals surface area (Å²) in [5, 5.41) is 0. The van der Waals surface area contributed by atoms with Gasteiger partial charge in [-0.3, -0.25) is 4.90 Å². The number of aromatic nitrogens is 2. The van der Waals surface area contributed by atoms with Crippen LogP contribution in [-0.2, 0) is 0 Å². The molecule has 2 heterocycles. The molecule has 1 fully saturated rings. The van der Waals surface area contributed by atoms with Crippen LogP contribution in [0.1, 0.15) is 18.8 Å². The molecular formula is C19H22N4. The van der Waals surface area contributed by atoms with Crippen LogP contribution < -0.4 is 4.90 Å². The minimum atomic E-state index is 0.320. The maximum atomic E-state index is 4.75. The number of piperazine rings is 1. The highest BCUT2D eigenvalue weighted by Gasteiger charge is 2.24. The predicted molar refractivity (Wildman–Crippen MR) is 94.7 cm³/mol. The van der Waals surface area contributed by atoms with Crippen LogP contribution in [-0.4, -0.2) is 41.0 Å². The van der Waals surface area contributed by atoms with E-state index >= 15 is 0 Å². The first-order valence-corrected chi connectivity index (χ1v) is 8.30. The topological polar surface area (TPSA) is 35.2 Å². The Morgan fingerprint density at radius 1 is 0.913 bits per heavy atom. The van der Waals surface area contributed by atoms with Crippen LogP contribution in [0.5, 0.6) is 0 Å². The Bertz CT molecular complexity index is 739. The number of nitrogens with one attached hydrogen (secondary N) is 1. The number of para-hydroxylation sites is 3. The fourth-order valence-corrected chi connectivity index (χ4v) is 3.35. The van der Waals surface area contributed by atoms with Crippen molar-refractivity contribution in [3.63, 3.8) is 0 Å². The van der Waals surface area contributed by atoms with Crippen molar-refractivity contribution in [2.45, 2.75) is 13.0 Å². The number of hydrogen-bond acceptors (Lipinski definition) is 3. The van der Waals surface area contributed by atoms with Crippen molar-refractivity contribution >= 4 is 16.7 Å². The van der Waals surface area contributed by atoms with E-state index in [4.69, 9.17) is 4.98 Å². The highest BCUT2D eigenvalue weighted by molar-refractivity contribution is 5.74. The summed E-state index contributed by atoms with van der Waals surface area (Å²) < 4.78 is 0. The predicted octanol–water partition coefficient (Wildman–Crippen LogP) is 3.45. The van der Waals surface area contributed by atoms with Gasteiger partial charge in [0.1, 0.15) is 5.82 Å². The summed E-state index contributed by atoms with van der Waals surface area (Å²) in [6, 6.07) is 19.2. The molecule has 0 aliphatic carbocycles. The van der Waals surface area contributed by atoms with E-state index in [1.807, 2.05) is 12.1 Å². The summed E-state index contributed by atoms with van der Waals surface area (Å²) in [7, 11) is 0. The second kappa shape index (κ2) is 6.05. The first kappa shape index (κ1) is 14.3. The van der Waals surface area contributed by atoms with E-state index in [-0.39, 0.29) is 0 Å². The van der Waals surface area contributed by atoms with Crippen molar-refractivity contribution in [1.29, 1.82) is 0 Å². The van der Waals surface area contributed by atoms with Gasteiger partial charge in [-0.15, -0.1) is 0 Å². The molecule has 1 saturated heterocycles. The van der Waals surface area contributed by atoms with E-state index in [2.05, 4.69) is 64.2 Å². The zero-order valence-corrected chi connectivity index (χ0v) is 13.4. The quantitative estimate of drug-likeness (QED) is 0.805. The smallest absolute Gasteiger partial charge is 0.124 e. The summed E-state index contributed by atoms with van der Waals surface area (Å²) in [5.74, 6) is 1.07. The van der Waals surface area contributed by atoms with Crippen LogP contribution in [0.25, 0.3) is 11.0 Å². The molecule has 1 aliphatic rings. The Kier molecular flexibility index (Phi) is 3.75. The molecule has 4 rings (SSSR count). The minimum Gasteiger partial charge on any atom is -0.369 e. The summed E-state index contributed by atoms with van der Waals surface area (Å²) in [6.45, 7) is 6.50. The van der Waals surface area contributed by atoms with Gasteiger partial charge in [0, 0.05) is 31.9 Å². The van der Waals surface area contributed by atoms with E-state index in [0.29, 0.717) is 6.04 Å². The molecule has 1 unspecified atom stereocenters. The van der Waals surface area contributed by atoms with Gasteiger partial charge in [-0.1, -0.05) is 30.3 Å². The molecular weight excluding hydrogens is 284 g/mol. The average Bonchev–Trinajstić information content (AvgIpc) is 3.06. The van der Waals surface area contributed by atoms with Gasteiger partial charge in [-0.2, -0.15) is 0 Å². The van der Waals surface area contributed by atoms with Crippen molar-refractivity contribution < 1.29 is 0 Å². The summed E-state index contributed by atoms with van der Waals surface area (Å²) in [4.78, 5) is 13.2. The SMILES string of the molecule is CC(c1nc2ccccc2[nH]1)N1CCN(c2ccccc2)CC1. The van der Waals surface area contributed by atoms with E-state index in [1.54, 1.807) is 0 Å². The van der Waals surface area contributed by atoms with Crippen molar-refractivity contribution in [3.8, 4) is 0 Å². The van der Waals surface area contributed by atoms with E-state index < -0.39 is 0 Å². The number of aromatic amines is 1. The molecule has 118 valence electrons. The number of hydrogen-bond donors (Lipinski definition) is 1. The summed E-state index contributed by atoms with van der Waals surface area (Å²) >= 11 is 0. The molecule has 0 amide bonds. The molecule has 1 N–H and O–H groups in total. The van der Waals surface area contributed by atoms with Gasteiger partial charge in [0.25, 0.3) is 0 Å². The lowest BCUT2D eigenvalue weighted by Gasteiger charge is -2.38. The van der Waals surface area contributed by atoms with Gasteiger partial charge in [0.05, 0.1) is 17.1 Å². The number of rotatable bonds is 3. The fraction of sp³-hybridized carbons (Fsp3) is 0.316. The molecule has 3 aromatic rings. The Hall–Kier alpha value is -2.33. The lowest BCUT2D eigenvalue weighted by molar-refractivity contribution is 0.192. The van der Waals surface area contributed by atoms with Crippen LogP contribution in [0.2, 0.25) is 0 Å². The first-order chi connectivity index (χ1) is 11.3. The van der Waals surface area contributed by atoms with Crippen molar-refractivity contribution in [1.82, 2.24) is 14.9 Å². The van der Waals surface area contributed by atoms with Crippen LogP contribution in [0.4, 0.5) is 5.69 Å². The monoisotopic (exact) mass is 306 g/mol. The maximum absolute atomic E-state index is 4.75. The van der Waals surface area contributed by atoms with Gasteiger partial charge in [0.2, 0.25) is 0 Å². The average molecular weight is 306 g/mol. The normalized spacial score (nSPS) is 17.5. The van der Waals surface area contributed by atoms with Crippen LogP contribution in [0.3, 0.4) is 0 Å². The van der Waals surface area contributed by atoms with E-state index in [1.165, 1.54) is 5.69 Å². The van der Waals surface area contributed by atoms with Gasteiger partial charge in [-0.25, -0.2) is 4.98 Å². The molecule has 1 atom stereocenters. The number of imidazole rings is 1. The molecule has 2 aromatic carbocycles. The standard InChI is InChI=1S/C19H22N4/c1-15(19-20-17-9-5-6-10-18(17)21-19)22-11-13-23(14-12-22)16-7-3-2-4-8-16/h2-10,15H,11-14H2,1H3,(H,20,21). The maximum Gasteiger partial charge on any atom is 0.124 e. The van der Waals surface area contributed by atoms with Gasteiger partial charge in [0.15, 0.2) is 0 Å². The third-order valence-electron chi connectivity index (χ3n) is 4.79. The second-order valence-corrected chi connectivity index (χ2v) is 6.17. The fourth-order valence-electron chi connectivity index (χ4n) is 3.35. The van der Waals surface area contributed by atoms with Crippen LogP contribution >= 0.6 is 0 Å². The van der Waals surface area contributed by atoms with Crippen molar-refractivity contribution in [3.05, 3.63) is 60.4 Å². The molecule has 0 spiro atoms. The number of anilines is 1. The van der Waals surface area contributed by atoms with E-state index in [9.17, 15) is 0 Å². The highest BCUT2D eigenvalue weighted by Crippen LogP contribution is 2.23. The lowest BCUT2D eigenvalue weighted by Crippen LogP contribution is -2.47.